The Hall–Kier alpha value is -1.45. The van der Waals surface area contributed by atoms with Crippen LogP contribution in [0.4, 0.5) is 4.39 Å². The minimum Gasteiger partial charge on any atom is -0.392 e. The number of aliphatic hydroxyl groups is 1. The monoisotopic (exact) mass is 237 g/mol. The van der Waals surface area contributed by atoms with Gasteiger partial charge in [0.25, 0.3) is 0 Å². The summed E-state index contributed by atoms with van der Waals surface area (Å²) in [5.41, 5.74) is 2.05. The van der Waals surface area contributed by atoms with Crippen molar-refractivity contribution >= 4 is 11.6 Å². The van der Waals surface area contributed by atoms with E-state index in [1.54, 1.807) is 24.4 Å². The summed E-state index contributed by atoms with van der Waals surface area (Å²) < 4.78 is 13.0. The van der Waals surface area contributed by atoms with Gasteiger partial charge in [-0.3, -0.25) is 4.98 Å². The third-order valence-corrected chi connectivity index (χ3v) is 2.62. The molecule has 0 bridgehead atoms. The van der Waals surface area contributed by atoms with Crippen molar-refractivity contribution in [3.63, 3.8) is 0 Å². The summed E-state index contributed by atoms with van der Waals surface area (Å²) in [5, 5.41) is 9.57. The molecule has 0 aliphatic heterocycles. The number of nitrogens with zero attached hydrogens (tertiary/aromatic N) is 1. The molecule has 0 spiro atoms. The van der Waals surface area contributed by atoms with Crippen LogP contribution in [0.15, 0.2) is 36.7 Å². The van der Waals surface area contributed by atoms with Gasteiger partial charge in [0, 0.05) is 16.8 Å². The Morgan fingerprint density at radius 1 is 1.19 bits per heavy atom. The zero-order valence-corrected chi connectivity index (χ0v) is 9.08. The summed E-state index contributed by atoms with van der Waals surface area (Å²) in [6.07, 6.45) is 2.71. The number of pyridine rings is 1. The summed E-state index contributed by atoms with van der Waals surface area (Å²) in [7, 11) is 0. The number of hydrogen-bond donors (Lipinski definition) is 1. The van der Waals surface area contributed by atoms with Gasteiger partial charge < -0.3 is 5.11 Å². The number of aromatic nitrogens is 1. The van der Waals surface area contributed by atoms with Crippen molar-refractivity contribution in [2.45, 2.75) is 6.61 Å². The molecule has 2 aromatic rings. The van der Waals surface area contributed by atoms with Crippen LogP contribution in [-0.4, -0.2) is 10.1 Å². The lowest BCUT2D eigenvalue weighted by molar-refractivity contribution is 0.282. The van der Waals surface area contributed by atoms with Gasteiger partial charge in [-0.15, -0.1) is 0 Å². The number of halogens is 2. The van der Waals surface area contributed by atoms with E-state index in [2.05, 4.69) is 4.98 Å². The van der Waals surface area contributed by atoms with E-state index in [1.165, 1.54) is 6.07 Å². The van der Waals surface area contributed by atoms with Gasteiger partial charge in [0.2, 0.25) is 0 Å². The highest BCUT2D eigenvalue weighted by Crippen LogP contribution is 2.25. The van der Waals surface area contributed by atoms with Crippen molar-refractivity contribution in [1.29, 1.82) is 0 Å². The van der Waals surface area contributed by atoms with Crippen molar-refractivity contribution in [3.05, 3.63) is 53.1 Å². The van der Waals surface area contributed by atoms with Crippen LogP contribution >= 0.6 is 11.6 Å². The van der Waals surface area contributed by atoms with Gasteiger partial charge in [-0.1, -0.05) is 17.7 Å². The number of benzene rings is 1. The minimum absolute atomic E-state index is 0.143. The van der Waals surface area contributed by atoms with E-state index in [9.17, 15) is 4.39 Å². The first-order valence-corrected chi connectivity index (χ1v) is 5.08. The first-order chi connectivity index (χ1) is 7.70. The fraction of sp³-hybridized carbons (Fsp3) is 0.0833. The van der Waals surface area contributed by atoms with Crippen LogP contribution in [0.5, 0.6) is 0 Å². The lowest BCUT2D eigenvalue weighted by Crippen LogP contribution is -1.88. The molecule has 0 fully saturated rings. The van der Waals surface area contributed by atoms with Gasteiger partial charge in [-0.05, 0) is 29.3 Å². The molecule has 4 heteroatoms. The third kappa shape index (κ3) is 2.21. The Kier molecular flexibility index (Phi) is 3.17. The van der Waals surface area contributed by atoms with Crippen molar-refractivity contribution < 1.29 is 9.50 Å². The zero-order chi connectivity index (χ0) is 11.5. The van der Waals surface area contributed by atoms with E-state index in [1.807, 2.05) is 0 Å². The summed E-state index contributed by atoms with van der Waals surface area (Å²) >= 11 is 5.87. The van der Waals surface area contributed by atoms with Gasteiger partial charge >= 0.3 is 0 Å². The smallest absolute Gasteiger partial charge is 0.142 e. The number of hydrogen-bond acceptors (Lipinski definition) is 2. The second-order valence-corrected chi connectivity index (χ2v) is 3.76. The molecule has 2 rings (SSSR count). The molecule has 1 aromatic heterocycles. The molecular weight excluding hydrogens is 229 g/mol. The van der Waals surface area contributed by atoms with E-state index in [4.69, 9.17) is 16.7 Å². The van der Waals surface area contributed by atoms with E-state index in [-0.39, 0.29) is 6.61 Å². The minimum atomic E-state index is -0.391. The van der Waals surface area contributed by atoms with Crippen molar-refractivity contribution in [1.82, 2.24) is 4.98 Å². The molecule has 0 saturated heterocycles. The highest BCUT2D eigenvalue weighted by Gasteiger charge is 2.04. The maximum absolute atomic E-state index is 13.0. The highest BCUT2D eigenvalue weighted by atomic mass is 35.5. The molecule has 82 valence electrons. The molecule has 0 atom stereocenters. The molecular formula is C12H9ClFNO. The predicted octanol–water partition coefficient (Wildman–Crippen LogP) is 3.03. The molecule has 16 heavy (non-hydrogen) atoms. The molecule has 1 N–H and O–H groups in total. The molecule has 0 amide bonds. The largest absolute Gasteiger partial charge is 0.392 e. The van der Waals surface area contributed by atoms with Crippen LogP contribution in [0.2, 0.25) is 5.02 Å². The SMILES string of the molecule is OCc1cc(-c2cncc(F)c2)ccc1Cl. The molecule has 1 heterocycles. The zero-order valence-electron chi connectivity index (χ0n) is 8.32. The van der Waals surface area contributed by atoms with Crippen molar-refractivity contribution in [2.24, 2.45) is 0 Å². The summed E-state index contributed by atoms with van der Waals surface area (Å²) in [6.45, 7) is -0.143. The molecule has 0 aliphatic carbocycles. The summed E-state index contributed by atoms with van der Waals surface area (Å²) in [4.78, 5) is 3.77. The van der Waals surface area contributed by atoms with E-state index < -0.39 is 5.82 Å². The lowest BCUT2D eigenvalue weighted by atomic mass is 10.1. The first kappa shape index (κ1) is 11.0. The number of rotatable bonds is 2. The lowest BCUT2D eigenvalue weighted by Gasteiger charge is -2.05. The Bertz CT molecular complexity index is 516. The Morgan fingerprint density at radius 2 is 2.00 bits per heavy atom. The standard InChI is InChI=1S/C12H9ClFNO/c13-12-2-1-8(3-10(12)7-16)9-4-11(14)6-15-5-9/h1-6,16H,7H2. The summed E-state index contributed by atoms with van der Waals surface area (Å²) in [5.74, 6) is -0.391. The first-order valence-electron chi connectivity index (χ1n) is 4.71. The quantitative estimate of drug-likeness (QED) is 0.871. The van der Waals surface area contributed by atoms with Crippen LogP contribution in [0.3, 0.4) is 0 Å². The topological polar surface area (TPSA) is 33.1 Å². The summed E-state index contributed by atoms with van der Waals surface area (Å²) in [6, 6.07) is 6.54. The Balaban J connectivity index is 2.48. The fourth-order valence-corrected chi connectivity index (χ4v) is 1.62. The van der Waals surface area contributed by atoms with Gasteiger partial charge in [-0.2, -0.15) is 0 Å². The van der Waals surface area contributed by atoms with Crippen molar-refractivity contribution in [3.8, 4) is 11.1 Å². The molecule has 1 aromatic carbocycles. The second kappa shape index (κ2) is 4.60. The maximum atomic E-state index is 13.0. The van der Waals surface area contributed by atoms with E-state index in [0.717, 1.165) is 11.8 Å². The van der Waals surface area contributed by atoms with Crippen molar-refractivity contribution in [2.75, 3.05) is 0 Å². The molecule has 0 radical (unpaired) electrons. The third-order valence-electron chi connectivity index (χ3n) is 2.25. The molecule has 2 nitrogen and oxygen atoms in total. The normalized spacial score (nSPS) is 10.4. The van der Waals surface area contributed by atoms with Gasteiger partial charge in [0.1, 0.15) is 5.82 Å². The Labute approximate surface area is 97.3 Å². The maximum Gasteiger partial charge on any atom is 0.142 e. The van der Waals surface area contributed by atoms with E-state index in [0.29, 0.717) is 16.1 Å². The van der Waals surface area contributed by atoms with Crippen LogP contribution in [0, 0.1) is 5.82 Å². The average molecular weight is 238 g/mol. The van der Waals surface area contributed by atoms with Crippen LogP contribution < -0.4 is 0 Å². The molecule has 0 unspecified atom stereocenters. The Morgan fingerprint density at radius 3 is 2.69 bits per heavy atom. The van der Waals surface area contributed by atoms with Gasteiger partial charge in [-0.25, -0.2) is 4.39 Å². The van der Waals surface area contributed by atoms with Gasteiger partial charge in [0.05, 0.1) is 12.8 Å². The number of aliphatic hydroxyl groups excluding tert-OH is 1. The second-order valence-electron chi connectivity index (χ2n) is 3.36. The van der Waals surface area contributed by atoms with E-state index >= 15 is 0 Å². The van der Waals surface area contributed by atoms with Crippen LogP contribution in [0.25, 0.3) is 11.1 Å². The fourth-order valence-electron chi connectivity index (χ4n) is 1.45. The van der Waals surface area contributed by atoms with Gasteiger partial charge in [0.15, 0.2) is 0 Å². The predicted molar refractivity (Wildman–Crippen MR) is 60.6 cm³/mol. The molecule has 0 aliphatic rings. The highest BCUT2D eigenvalue weighted by molar-refractivity contribution is 6.31. The van der Waals surface area contributed by atoms with Crippen LogP contribution in [0.1, 0.15) is 5.56 Å². The van der Waals surface area contributed by atoms with Crippen LogP contribution in [-0.2, 0) is 6.61 Å². The molecule has 0 saturated carbocycles. The average Bonchev–Trinajstić information content (AvgIpc) is 2.29.